The van der Waals surface area contributed by atoms with Crippen LogP contribution in [-0.2, 0) is 19.2 Å². The van der Waals surface area contributed by atoms with Crippen LogP contribution in [0, 0.1) is 18.3 Å². The molecular weight excluding hydrogens is 306 g/mol. The fraction of sp³-hybridized carbons (Fsp3) is 0.357. The number of amides is 1. The van der Waals surface area contributed by atoms with Gasteiger partial charge in [-0.2, -0.15) is 13.7 Å². The molecule has 0 aromatic heterocycles. The summed E-state index contributed by atoms with van der Waals surface area (Å²) in [5.41, 5.74) is 0.238. The van der Waals surface area contributed by atoms with Crippen molar-refractivity contribution in [3.8, 4) is 6.07 Å². The standard InChI is InChI=1S/C14H17N3O4S/c1-3-4-9-16-14(18)13(10-15)17-21-22(19,20)12-7-5-11(2)6-8-12/h5-8H,3-4,9H2,1-2H3,(H,16,18)/b17-13-. The van der Waals surface area contributed by atoms with E-state index in [0.29, 0.717) is 6.54 Å². The van der Waals surface area contributed by atoms with Crippen molar-refractivity contribution in [3.63, 3.8) is 0 Å². The lowest BCUT2D eigenvalue weighted by molar-refractivity contribution is -0.114. The number of carbonyl (C=O) groups excluding carboxylic acids is 1. The highest BCUT2D eigenvalue weighted by Crippen LogP contribution is 2.13. The molecule has 1 N–H and O–H groups in total. The lowest BCUT2D eigenvalue weighted by atomic mass is 10.2. The van der Waals surface area contributed by atoms with Gasteiger partial charge in [0.25, 0.3) is 5.91 Å². The highest BCUT2D eigenvalue weighted by atomic mass is 32.2. The third kappa shape index (κ3) is 5.18. The Labute approximate surface area is 129 Å². The number of nitrogens with zero attached hydrogens (tertiary/aromatic N) is 2. The van der Waals surface area contributed by atoms with Gasteiger partial charge in [0.05, 0.1) is 0 Å². The molecule has 0 unspecified atom stereocenters. The van der Waals surface area contributed by atoms with Gasteiger partial charge in [-0.05, 0) is 30.6 Å². The molecule has 7 nitrogen and oxygen atoms in total. The van der Waals surface area contributed by atoms with Crippen molar-refractivity contribution in [2.45, 2.75) is 31.6 Å². The number of hydrogen-bond donors (Lipinski definition) is 1. The molecular formula is C14H17N3O4S. The molecule has 0 fully saturated rings. The maximum atomic E-state index is 11.9. The first kappa shape index (κ1) is 17.7. The van der Waals surface area contributed by atoms with Crippen LogP contribution in [-0.4, -0.2) is 26.6 Å². The van der Waals surface area contributed by atoms with E-state index in [2.05, 4.69) is 14.8 Å². The van der Waals surface area contributed by atoms with Gasteiger partial charge in [0.15, 0.2) is 0 Å². The van der Waals surface area contributed by atoms with E-state index in [9.17, 15) is 13.2 Å². The van der Waals surface area contributed by atoms with Crippen LogP contribution in [0.2, 0.25) is 0 Å². The second kappa shape index (κ2) is 8.14. The Kier molecular flexibility index (Phi) is 6.53. The SMILES string of the molecule is CCCCNC(=O)/C(C#N)=N\OS(=O)(=O)c1ccc(C)cc1. The zero-order valence-electron chi connectivity index (χ0n) is 12.4. The fourth-order valence-electron chi connectivity index (χ4n) is 1.41. The summed E-state index contributed by atoms with van der Waals surface area (Å²) in [7, 11) is -4.16. The van der Waals surface area contributed by atoms with Crippen LogP contribution < -0.4 is 5.32 Å². The Morgan fingerprint density at radius 3 is 2.55 bits per heavy atom. The highest BCUT2D eigenvalue weighted by molar-refractivity contribution is 7.86. The third-order valence-corrected chi connectivity index (χ3v) is 3.79. The number of hydrogen-bond acceptors (Lipinski definition) is 6. The normalized spacial score (nSPS) is 11.6. The molecule has 0 aliphatic rings. The molecule has 0 spiro atoms. The summed E-state index contributed by atoms with van der Waals surface area (Å²) in [6, 6.07) is 7.42. The maximum Gasteiger partial charge on any atom is 0.358 e. The molecule has 0 aliphatic heterocycles. The zero-order valence-corrected chi connectivity index (χ0v) is 13.2. The van der Waals surface area contributed by atoms with E-state index >= 15 is 0 Å². The van der Waals surface area contributed by atoms with Gasteiger partial charge in [-0.25, -0.2) is 0 Å². The van der Waals surface area contributed by atoms with Gasteiger partial charge in [0, 0.05) is 6.54 Å². The lowest BCUT2D eigenvalue weighted by Gasteiger charge is -2.03. The smallest absolute Gasteiger partial charge is 0.350 e. The first-order valence-corrected chi connectivity index (χ1v) is 8.08. The predicted octanol–water partition coefficient (Wildman–Crippen LogP) is 1.50. The Balaban J connectivity index is 2.81. The maximum absolute atomic E-state index is 11.9. The average Bonchev–Trinajstić information content (AvgIpc) is 2.48. The topological polar surface area (TPSA) is 109 Å². The van der Waals surface area contributed by atoms with Crippen molar-refractivity contribution in [2.24, 2.45) is 5.16 Å². The van der Waals surface area contributed by atoms with Crippen molar-refractivity contribution in [3.05, 3.63) is 29.8 Å². The van der Waals surface area contributed by atoms with E-state index in [4.69, 9.17) is 5.26 Å². The van der Waals surface area contributed by atoms with Gasteiger partial charge in [-0.15, -0.1) is 0 Å². The average molecular weight is 323 g/mol. The summed E-state index contributed by atoms with van der Waals surface area (Å²) in [5, 5.41) is 14.4. The Morgan fingerprint density at radius 2 is 2.00 bits per heavy atom. The minimum atomic E-state index is -4.16. The quantitative estimate of drug-likeness (QED) is 0.464. The van der Waals surface area contributed by atoms with Crippen LogP contribution in [0.25, 0.3) is 0 Å². The van der Waals surface area contributed by atoms with Gasteiger partial charge >= 0.3 is 10.1 Å². The summed E-state index contributed by atoms with van der Waals surface area (Å²) in [4.78, 5) is 11.5. The number of oxime groups is 1. The summed E-state index contributed by atoms with van der Waals surface area (Å²) in [6.07, 6.45) is 1.62. The summed E-state index contributed by atoms with van der Waals surface area (Å²) >= 11 is 0. The van der Waals surface area contributed by atoms with Crippen molar-refractivity contribution in [1.82, 2.24) is 5.32 Å². The van der Waals surface area contributed by atoms with E-state index in [-0.39, 0.29) is 4.90 Å². The molecule has 8 heteroatoms. The van der Waals surface area contributed by atoms with Crippen molar-refractivity contribution in [2.75, 3.05) is 6.54 Å². The first-order chi connectivity index (χ1) is 10.4. The van der Waals surface area contributed by atoms with Crippen molar-refractivity contribution in [1.29, 1.82) is 5.26 Å². The van der Waals surface area contributed by atoms with Gasteiger partial charge in [0.1, 0.15) is 11.0 Å². The molecule has 1 amide bonds. The first-order valence-electron chi connectivity index (χ1n) is 6.67. The second-order valence-electron chi connectivity index (χ2n) is 4.50. The van der Waals surface area contributed by atoms with Crippen LogP contribution >= 0.6 is 0 Å². The number of aryl methyl sites for hydroxylation is 1. The number of carbonyl (C=O) groups is 1. The van der Waals surface area contributed by atoms with Crippen LogP contribution in [0.4, 0.5) is 0 Å². The van der Waals surface area contributed by atoms with Crippen LogP contribution in [0.15, 0.2) is 34.3 Å². The van der Waals surface area contributed by atoms with Crippen LogP contribution in [0.1, 0.15) is 25.3 Å². The Bertz CT molecular complexity index is 688. The molecule has 1 rings (SSSR count). The molecule has 0 bridgehead atoms. The monoisotopic (exact) mass is 323 g/mol. The summed E-state index contributed by atoms with van der Waals surface area (Å²) in [5.74, 6) is -0.768. The van der Waals surface area contributed by atoms with E-state index < -0.39 is 21.7 Å². The predicted molar refractivity (Wildman–Crippen MR) is 80.4 cm³/mol. The Morgan fingerprint density at radius 1 is 1.36 bits per heavy atom. The largest absolute Gasteiger partial charge is 0.358 e. The van der Waals surface area contributed by atoms with Gasteiger partial charge < -0.3 is 5.32 Å². The summed E-state index contributed by atoms with van der Waals surface area (Å²) in [6.45, 7) is 4.13. The number of nitrogens with one attached hydrogen (secondary N) is 1. The summed E-state index contributed by atoms with van der Waals surface area (Å²) < 4.78 is 28.2. The molecule has 0 saturated heterocycles. The third-order valence-electron chi connectivity index (χ3n) is 2.67. The lowest BCUT2D eigenvalue weighted by Crippen LogP contribution is -2.31. The zero-order chi connectivity index (χ0) is 16.6. The molecule has 1 aromatic rings. The van der Waals surface area contributed by atoms with E-state index in [0.717, 1.165) is 18.4 Å². The molecule has 22 heavy (non-hydrogen) atoms. The number of rotatable bonds is 7. The van der Waals surface area contributed by atoms with Crippen molar-refractivity contribution >= 4 is 21.7 Å². The number of unbranched alkanes of at least 4 members (excludes halogenated alkanes) is 1. The molecule has 1 aromatic carbocycles. The molecule has 0 atom stereocenters. The second-order valence-corrected chi connectivity index (χ2v) is 6.03. The highest BCUT2D eigenvalue weighted by Gasteiger charge is 2.18. The molecule has 0 saturated carbocycles. The van der Waals surface area contributed by atoms with Gasteiger partial charge in [0.2, 0.25) is 5.71 Å². The minimum absolute atomic E-state index is 0.106. The van der Waals surface area contributed by atoms with E-state index in [1.54, 1.807) is 12.1 Å². The molecule has 0 aliphatic carbocycles. The molecule has 118 valence electrons. The van der Waals surface area contributed by atoms with Gasteiger partial charge in [-0.3, -0.25) is 9.08 Å². The fourth-order valence-corrected chi connectivity index (χ4v) is 2.14. The van der Waals surface area contributed by atoms with Crippen molar-refractivity contribution < 1.29 is 17.5 Å². The van der Waals surface area contributed by atoms with Crippen LogP contribution in [0.3, 0.4) is 0 Å². The van der Waals surface area contributed by atoms with Crippen LogP contribution in [0.5, 0.6) is 0 Å². The van der Waals surface area contributed by atoms with Gasteiger partial charge in [-0.1, -0.05) is 31.0 Å². The minimum Gasteiger partial charge on any atom is -0.350 e. The van der Waals surface area contributed by atoms with E-state index in [1.165, 1.54) is 18.2 Å². The molecule has 0 radical (unpaired) electrons. The Hall–Kier alpha value is -2.40. The molecule has 0 heterocycles. The number of nitriles is 1. The number of benzene rings is 1. The van der Waals surface area contributed by atoms with E-state index in [1.807, 2.05) is 13.8 Å².